The van der Waals surface area contributed by atoms with Gasteiger partial charge >= 0.3 is 0 Å². The van der Waals surface area contributed by atoms with E-state index < -0.39 is 0 Å². The van der Waals surface area contributed by atoms with E-state index in [0.29, 0.717) is 0 Å². The molecule has 1 aliphatic heterocycles. The molecular weight excluding hydrogens is 310 g/mol. The molecule has 1 aromatic heterocycles. The molecule has 4 rings (SSSR count). The van der Waals surface area contributed by atoms with Crippen LogP contribution in [-0.2, 0) is 18.5 Å². The van der Waals surface area contributed by atoms with E-state index in [2.05, 4.69) is 58.9 Å². The highest BCUT2D eigenvalue weighted by Crippen LogP contribution is 2.35. The zero-order valence-corrected chi connectivity index (χ0v) is 14.7. The number of hydrogen-bond donors (Lipinski definition) is 1. The van der Waals surface area contributed by atoms with Gasteiger partial charge in [-0.3, -0.25) is 4.90 Å². The van der Waals surface area contributed by atoms with Gasteiger partial charge in [0.2, 0.25) is 0 Å². The van der Waals surface area contributed by atoms with Crippen molar-refractivity contribution in [2.45, 2.75) is 31.8 Å². The molecule has 3 aromatic rings. The molecule has 25 heavy (non-hydrogen) atoms. The number of aliphatic hydroxyl groups is 1. The van der Waals surface area contributed by atoms with Crippen LogP contribution in [0.25, 0.3) is 11.0 Å². The maximum Gasteiger partial charge on any atom is 0.124 e. The molecule has 1 aliphatic rings. The summed E-state index contributed by atoms with van der Waals surface area (Å²) in [6.07, 6.45) is 0.986. The van der Waals surface area contributed by atoms with Gasteiger partial charge in [-0.1, -0.05) is 42.5 Å². The number of likely N-dealkylation sites (tertiary alicyclic amines) is 1. The second-order valence-electron chi connectivity index (χ2n) is 7.03. The number of nitrogens with zero attached hydrogens (tertiary/aromatic N) is 3. The van der Waals surface area contributed by atoms with E-state index in [1.807, 2.05) is 12.1 Å². The van der Waals surface area contributed by atoms with Gasteiger partial charge in [0.1, 0.15) is 5.82 Å². The van der Waals surface area contributed by atoms with Gasteiger partial charge in [0.25, 0.3) is 0 Å². The van der Waals surface area contributed by atoms with Crippen molar-refractivity contribution in [3.8, 4) is 0 Å². The van der Waals surface area contributed by atoms with Crippen molar-refractivity contribution in [3.05, 3.63) is 66.0 Å². The van der Waals surface area contributed by atoms with Gasteiger partial charge in [-0.2, -0.15) is 0 Å². The highest BCUT2D eigenvalue weighted by Gasteiger charge is 2.39. The number of aryl methyl sites for hydroxylation is 1. The Morgan fingerprint density at radius 3 is 2.60 bits per heavy atom. The molecule has 1 saturated heterocycles. The summed E-state index contributed by atoms with van der Waals surface area (Å²) >= 11 is 0. The second-order valence-corrected chi connectivity index (χ2v) is 7.03. The topological polar surface area (TPSA) is 41.3 Å². The highest BCUT2D eigenvalue weighted by atomic mass is 16.3. The van der Waals surface area contributed by atoms with E-state index in [9.17, 15) is 5.11 Å². The normalized spacial score (nSPS) is 21.2. The summed E-state index contributed by atoms with van der Waals surface area (Å²) in [7, 11) is 0. The number of rotatable bonds is 5. The van der Waals surface area contributed by atoms with E-state index in [4.69, 9.17) is 4.98 Å². The van der Waals surface area contributed by atoms with Crippen molar-refractivity contribution in [1.82, 2.24) is 14.5 Å². The van der Waals surface area contributed by atoms with Gasteiger partial charge in [-0.05, 0) is 37.6 Å². The van der Waals surface area contributed by atoms with Crippen LogP contribution in [0.15, 0.2) is 54.6 Å². The van der Waals surface area contributed by atoms with E-state index in [-0.39, 0.29) is 12.0 Å². The smallest absolute Gasteiger partial charge is 0.124 e. The lowest BCUT2D eigenvalue weighted by Crippen LogP contribution is -2.34. The maximum atomic E-state index is 10.1. The lowest BCUT2D eigenvalue weighted by molar-refractivity contribution is 0.187. The monoisotopic (exact) mass is 335 g/mol. The molecule has 0 spiro atoms. The van der Waals surface area contributed by atoms with Gasteiger partial charge in [0, 0.05) is 18.5 Å². The Labute approximate surface area is 148 Å². The SMILES string of the molecule is CCn1c(CN2CCC(CO)(c3ccccc3)C2)nc2ccccc21. The summed E-state index contributed by atoms with van der Waals surface area (Å²) in [4.78, 5) is 7.28. The van der Waals surface area contributed by atoms with Gasteiger partial charge in [0.05, 0.1) is 24.2 Å². The number of aliphatic hydroxyl groups excluding tert-OH is 1. The van der Waals surface area contributed by atoms with E-state index in [0.717, 1.165) is 43.9 Å². The molecule has 0 bridgehead atoms. The molecule has 1 fully saturated rings. The van der Waals surface area contributed by atoms with E-state index in [1.165, 1.54) is 11.1 Å². The lowest BCUT2D eigenvalue weighted by atomic mass is 9.80. The number of imidazole rings is 1. The summed E-state index contributed by atoms with van der Waals surface area (Å²) < 4.78 is 2.30. The molecule has 130 valence electrons. The largest absolute Gasteiger partial charge is 0.395 e. The van der Waals surface area contributed by atoms with Crippen LogP contribution in [0.5, 0.6) is 0 Å². The van der Waals surface area contributed by atoms with Crippen molar-refractivity contribution in [1.29, 1.82) is 0 Å². The zero-order valence-electron chi connectivity index (χ0n) is 14.7. The summed E-state index contributed by atoms with van der Waals surface area (Å²) in [6, 6.07) is 18.8. The fourth-order valence-electron chi connectivity index (χ4n) is 4.14. The second kappa shape index (κ2) is 6.62. The summed E-state index contributed by atoms with van der Waals surface area (Å²) in [5, 5.41) is 10.1. The average Bonchev–Trinajstić information content (AvgIpc) is 3.24. The van der Waals surface area contributed by atoms with Crippen molar-refractivity contribution in [2.75, 3.05) is 19.7 Å². The van der Waals surface area contributed by atoms with Crippen LogP contribution in [0.4, 0.5) is 0 Å². The Kier molecular flexibility index (Phi) is 4.32. The van der Waals surface area contributed by atoms with Gasteiger partial charge in [0.15, 0.2) is 0 Å². The maximum absolute atomic E-state index is 10.1. The average molecular weight is 335 g/mol. The van der Waals surface area contributed by atoms with Crippen molar-refractivity contribution < 1.29 is 5.11 Å². The highest BCUT2D eigenvalue weighted by molar-refractivity contribution is 5.75. The molecule has 0 saturated carbocycles. The van der Waals surface area contributed by atoms with Gasteiger partial charge < -0.3 is 9.67 Å². The van der Waals surface area contributed by atoms with E-state index >= 15 is 0 Å². The molecule has 2 aromatic carbocycles. The molecule has 2 heterocycles. The summed E-state index contributed by atoms with van der Waals surface area (Å²) in [6.45, 7) is 5.98. The molecule has 4 nitrogen and oxygen atoms in total. The van der Waals surface area contributed by atoms with Crippen LogP contribution in [0.1, 0.15) is 24.7 Å². The van der Waals surface area contributed by atoms with E-state index in [1.54, 1.807) is 0 Å². The van der Waals surface area contributed by atoms with Crippen LogP contribution >= 0.6 is 0 Å². The summed E-state index contributed by atoms with van der Waals surface area (Å²) in [5.41, 5.74) is 3.36. The first-order valence-corrected chi connectivity index (χ1v) is 9.08. The van der Waals surface area contributed by atoms with Crippen molar-refractivity contribution in [3.63, 3.8) is 0 Å². The first-order valence-electron chi connectivity index (χ1n) is 9.08. The molecule has 0 radical (unpaired) electrons. The first kappa shape index (κ1) is 16.3. The number of hydrogen-bond acceptors (Lipinski definition) is 3. The van der Waals surface area contributed by atoms with Crippen LogP contribution in [0, 0.1) is 0 Å². The standard InChI is InChI=1S/C21H25N3O/c1-2-24-19-11-7-6-10-18(19)22-20(24)14-23-13-12-21(15-23,16-25)17-8-4-3-5-9-17/h3-11,25H,2,12-16H2,1H3. The van der Waals surface area contributed by atoms with Crippen molar-refractivity contribution >= 4 is 11.0 Å². The van der Waals surface area contributed by atoms with Gasteiger partial charge in [-0.25, -0.2) is 4.98 Å². The number of para-hydroxylation sites is 2. The quantitative estimate of drug-likeness (QED) is 0.778. The fourth-order valence-corrected chi connectivity index (χ4v) is 4.14. The lowest BCUT2D eigenvalue weighted by Gasteiger charge is -2.28. The third-order valence-corrected chi connectivity index (χ3v) is 5.54. The minimum atomic E-state index is -0.148. The Bertz CT molecular complexity index is 858. The first-order chi connectivity index (χ1) is 12.3. The Balaban J connectivity index is 1.59. The zero-order chi connectivity index (χ0) is 17.3. The summed E-state index contributed by atoms with van der Waals surface area (Å²) in [5.74, 6) is 1.12. The Morgan fingerprint density at radius 1 is 1.08 bits per heavy atom. The molecule has 4 heteroatoms. The molecule has 1 unspecified atom stereocenters. The van der Waals surface area contributed by atoms with Crippen LogP contribution in [-0.4, -0.2) is 39.3 Å². The predicted molar refractivity (Wildman–Crippen MR) is 101 cm³/mol. The molecule has 1 atom stereocenters. The van der Waals surface area contributed by atoms with Crippen molar-refractivity contribution in [2.24, 2.45) is 0 Å². The number of fused-ring (bicyclic) bond motifs is 1. The van der Waals surface area contributed by atoms with Gasteiger partial charge in [-0.15, -0.1) is 0 Å². The Morgan fingerprint density at radius 2 is 1.84 bits per heavy atom. The number of benzene rings is 2. The molecule has 0 amide bonds. The molecule has 0 aliphatic carbocycles. The molecule has 1 N–H and O–H groups in total. The predicted octanol–water partition coefficient (Wildman–Crippen LogP) is 3.19. The van der Waals surface area contributed by atoms with Crippen LogP contribution < -0.4 is 0 Å². The fraction of sp³-hybridized carbons (Fsp3) is 0.381. The Hall–Kier alpha value is -2.17. The van der Waals surface area contributed by atoms with Crippen LogP contribution in [0.2, 0.25) is 0 Å². The third kappa shape index (κ3) is 2.86. The minimum absolute atomic E-state index is 0.148. The number of aromatic nitrogens is 2. The minimum Gasteiger partial charge on any atom is -0.395 e. The van der Waals surface area contributed by atoms with Crippen LogP contribution in [0.3, 0.4) is 0 Å². The molecular formula is C21H25N3O. The third-order valence-electron chi connectivity index (χ3n) is 5.54.